The maximum Gasteiger partial charge on any atom is 0.258 e. The lowest BCUT2D eigenvalue weighted by atomic mass is 10.1. The number of ether oxygens (including phenoxy) is 2. The van der Waals surface area contributed by atoms with E-state index < -0.39 is 0 Å². The molecular formula is C19H23BrN2O3. The Morgan fingerprint density at radius 2 is 1.88 bits per heavy atom. The van der Waals surface area contributed by atoms with Crippen molar-refractivity contribution in [3.63, 3.8) is 0 Å². The van der Waals surface area contributed by atoms with Crippen LogP contribution in [0.2, 0.25) is 0 Å². The summed E-state index contributed by atoms with van der Waals surface area (Å²) in [5, 5.41) is 2.93. The van der Waals surface area contributed by atoms with Gasteiger partial charge in [0.25, 0.3) is 5.91 Å². The van der Waals surface area contributed by atoms with Crippen molar-refractivity contribution in [2.24, 2.45) is 0 Å². The Bertz CT molecular complexity index is 707. The number of carbonyl (C=O) groups excluding carboxylic acids is 1. The van der Waals surface area contributed by atoms with Crippen LogP contribution in [0.5, 0.6) is 11.5 Å². The lowest BCUT2D eigenvalue weighted by Gasteiger charge is -2.25. The fourth-order valence-corrected chi connectivity index (χ4v) is 2.79. The molecule has 2 aromatic rings. The van der Waals surface area contributed by atoms with E-state index in [1.165, 1.54) is 0 Å². The molecule has 0 fully saturated rings. The Morgan fingerprint density at radius 3 is 2.56 bits per heavy atom. The summed E-state index contributed by atoms with van der Waals surface area (Å²) in [5.74, 6) is 1.30. The van der Waals surface area contributed by atoms with E-state index in [1.54, 1.807) is 7.11 Å². The smallest absolute Gasteiger partial charge is 0.258 e. The lowest BCUT2D eigenvalue weighted by molar-refractivity contribution is -0.123. The van der Waals surface area contributed by atoms with Crippen molar-refractivity contribution in [2.75, 3.05) is 34.4 Å². The summed E-state index contributed by atoms with van der Waals surface area (Å²) < 4.78 is 11.7. The molecule has 0 aliphatic rings. The fraction of sp³-hybridized carbons (Fsp3) is 0.316. The number of methoxy groups -OCH3 is 1. The van der Waals surface area contributed by atoms with Crippen LogP contribution in [-0.2, 0) is 4.79 Å². The molecule has 0 aromatic heterocycles. The highest BCUT2D eigenvalue weighted by Crippen LogP contribution is 2.22. The number of likely N-dealkylation sites (N-methyl/N-ethyl adjacent to an activating group) is 1. The minimum Gasteiger partial charge on any atom is -0.497 e. The van der Waals surface area contributed by atoms with Gasteiger partial charge >= 0.3 is 0 Å². The Labute approximate surface area is 157 Å². The first-order valence-electron chi connectivity index (χ1n) is 7.95. The third kappa shape index (κ3) is 6.07. The molecule has 2 aromatic carbocycles. The highest BCUT2D eigenvalue weighted by atomic mass is 79.9. The van der Waals surface area contributed by atoms with Gasteiger partial charge in [0.2, 0.25) is 0 Å². The summed E-state index contributed by atoms with van der Waals surface area (Å²) in [5.41, 5.74) is 1.08. The summed E-state index contributed by atoms with van der Waals surface area (Å²) in [7, 11) is 5.60. The molecule has 0 saturated carbocycles. The monoisotopic (exact) mass is 406 g/mol. The van der Waals surface area contributed by atoms with E-state index in [0.29, 0.717) is 12.3 Å². The molecule has 25 heavy (non-hydrogen) atoms. The molecule has 1 amide bonds. The molecule has 5 nitrogen and oxygen atoms in total. The lowest BCUT2D eigenvalue weighted by Crippen LogP contribution is -2.36. The molecular weight excluding hydrogens is 384 g/mol. The van der Waals surface area contributed by atoms with Gasteiger partial charge < -0.3 is 19.7 Å². The topological polar surface area (TPSA) is 50.8 Å². The van der Waals surface area contributed by atoms with Crippen molar-refractivity contribution in [1.82, 2.24) is 10.2 Å². The van der Waals surface area contributed by atoms with Crippen molar-refractivity contribution >= 4 is 21.8 Å². The minimum atomic E-state index is -0.158. The molecule has 6 heteroatoms. The van der Waals surface area contributed by atoms with Crippen LogP contribution in [0.3, 0.4) is 0 Å². The van der Waals surface area contributed by atoms with Crippen LogP contribution in [0.25, 0.3) is 0 Å². The van der Waals surface area contributed by atoms with Crippen molar-refractivity contribution in [2.45, 2.75) is 6.04 Å². The zero-order valence-corrected chi connectivity index (χ0v) is 16.2. The van der Waals surface area contributed by atoms with Gasteiger partial charge in [0.05, 0.1) is 13.2 Å². The van der Waals surface area contributed by atoms with Crippen LogP contribution in [-0.4, -0.2) is 45.2 Å². The average molecular weight is 407 g/mol. The summed E-state index contributed by atoms with van der Waals surface area (Å²) in [6.07, 6.45) is 0. The second kappa shape index (κ2) is 9.44. The number of hydrogen-bond donors (Lipinski definition) is 1. The zero-order valence-electron chi connectivity index (χ0n) is 14.7. The predicted octanol–water partition coefficient (Wildman–Crippen LogP) is 3.26. The Morgan fingerprint density at radius 1 is 1.16 bits per heavy atom. The van der Waals surface area contributed by atoms with E-state index in [9.17, 15) is 4.79 Å². The quantitative estimate of drug-likeness (QED) is 0.730. The number of benzene rings is 2. The second-order valence-corrected chi connectivity index (χ2v) is 6.72. The van der Waals surface area contributed by atoms with Crippen LogP contribution in [0, 0.1) is 0 Å². The standard InChI is InChI=1S/C19H23BrN2O3/c1-22(2)18(14-6-4-8-16(10-14)24-3)12-21-19(23)13-25-17-9-5-7-15(20)11-17/h4-11,18H,12-13H2,1-3H3,(H,21,23)/t18-/m1/s1. The molecule has 0 aliphatic carbocycles. The van der Waals surface area contributed by atoms with Gasteiger partial charge in [0.15, 0.2) is 6.61 Å². The van der Waals surface area contributed by atoms with Gasteiger partial charge in [0.1, 0.15) is 11.5 Å². The first-order valence-corrected chi connectivity index (χ1v) is 8.74. The highest BCUT2D eigenvalue weighted by Gasteiger charge is 2.16. The predicted molar refractivity (Wildman–Crippen MR) is 102 cm³/mol. The van der Waals surface area contributed by atoms with Gasteiger partial charge in [-0.05, 0) is 50.0 Å². The van der Waals surface area contributed by atoms with E-state index in [2.05, 4.69) is 26.1 Å². The number of nitrogens with one attached hydrogen (secondary N) is 1. The Kier molecular flexibility index (Phi) is 7.28. The minimum absolute atomic E-state index is 0.0191. The third-order valence-corrected chi connectivity index (χ3v) is 4.25. The van der Waals surface area contributed by atoms with Crippen LogP contribution < -0.4 is 14.8 Å². The van der Waals surface area contributed by atoms with Crippen LogP contribution in [0.4, 0.5) is 0 Å². The second-order valence-electron chi connectivity index (χ2n) is 5.81. The number of rotatable bonds is 8. The van der Waals surface area contributed by atoms with Gasteiger partial charge in [0, 0.05) is 11.0 Å². The van der Waals surface area contributed by atoms with Crippen LogP contribution in [0.1, 0.15) is 11.6 Å². The molecule has 1 atom stereocenters. The zero-order chi connectivity index (χ0) is 18.2. The number of carbonyl (C=O) groups is 1. The largest absolute Gasteiger partial charge is 0.497 e. The summed E-state index contributed by atoms with van der Waals surface area (Å²) in [6.45, 7) is 0.468. The molecule has 0 bridgehead atoms. The third-order valence-electron chi connectivity index (χ3n) is 3.76. The average Bonchev–Trinajstić information content (AvgIpc) is 2.60. The van der Waals surface area contributed by atoms with E-state index in [0.717, 1.165) is 15.8 Å². The van der Waals surface area contributed by atoms with Crippen molar-refractivity contribution in [1.29, 1.82) is 0 Å². The molecule has 134 valence electrons. The van der Waals surface area contributed by atoms with Crippen molar-refractivity contribution in [3.8, 4) is 11.5 Å². The molecule has 0 spiro atoms. The van der Waals surface area contributed by atoms with Crippen molar-refractivity contribution < 1.29 is 14.3 Å². The highest BCUT2D eigenvalue weighted by molar-refractivity contribution is 9.10. The summed E-state index contributed by atoms with van der Waals surface area (Å²) in [6, 6.07) is 15.3. The van der Waals surface area contributed by atoms with Crippen LogP contribution in [0.15, 0.2) is 53.0 Å². The fourth-order valence-electron chi connectivity index (χ4n) is 2.41. The normalized spacial score (nSPS) is 11.9. The Hall–Kier alpha value is -2.05. The van der Waals surface area contributed by atoms with E-state index in [-0.39, 0.29) is 18.6 Å². The van der Waals surface area contributed by atoms with Gasteiger partial charge in [-0.25, -0.2) is 0 Å². The molecule has 1 N–H and O–H groups in total. The van der Waals surface area contributed by atoms with Crippen LogP contribution >= 0.6 is 15.9 Å². The Balaban J connectivity index is 1.90. The number of hydrogen-bond acceptors (Lipinski definition) is 4. The van der Waals surface area contributed by atoms with E-state index >= 15 is 0 Å². The van der Waals surface area contributed by atoms with Gasteiger partial charge in [-0.15, -0.1) is 0 Å². The molecule has 0 radical (unpaired) electrons. The van der Waals surface area contributed by atoms with Gasteiger partial charge in [-0.1, -0.05) is 34.1 Å². The van der Waals surface area contributed by atoms with Crippen molar-refractivity contribution in [3.05, 3.63) is 58.6 Å². The molecule has 0 saturated heterocycles. The molecule has 0 heterocycles. The number of amides is 1. The number of nitrogens with zero attached hydrogens (tertiary/aromatic N) is 1. The maximum absolute atomic E-state index is 12.1. The summed E-state index contributed by atoms with van der Waals surface area (Å²) >= 11 is 3.38. The van der Waals surface area contributed by atoms with Gasteiger partial charge in [-0.2, -0.15) is 0 Å². The number of halogens is 1. The van der Waals surface area contributed by atoms with Gasteiger partial charge in [-0.3, -0.25) is 4.79 Å². The molecule has 0 aliphatic heterocycles. The van der Waals surface area contributed by atoms with E-state index in [1.807, 2.05) is 62.6 Å². The van der Waals surface area contributed by atoms with E-state index in [4.69, 9.17) is 9.47 Å². The molecule has 0 unspecified atom stereocenters. The molecule has 2 rings (SSSR count). The SMILES string of the molecule is COc1cccc([C@@H](CNC(=O)COc2cccc(Br)c2)N(C)C)c1. The first-order chi connectivity index (χ1) is 12.0. The maximum atomic E-state index is 12.1. The summed E-state index contributed by atoms with van der Waals surface area (Å²) in [4.78, 5) is 14.2. The first kappa shape index (κ1) is 19.3.